The zero-order valence-electron chi connectivity index (χ0n) is 13.0. The number of carbonyl (C=O) groups excluding carboxylic acids is 2. The second-order valence-electron chi connectivity index (χ2n) is 5.96. The average Bonchev–Trinajstić information content (AvgIpc) is 2.97. The van der Waals surface area contributed by atoms with E-state index < -0.39 is 17.3 Å². The molecule has 0 bridgehead atoms. The lowest BCUT2D eigenvalue weighted by atomic mass is 10.1. The summed E-state index contributed by atoms with van der Waals surface area (Å²) in [5.74, 6) is -1.21. The Balaban J connectivity index is 2.26. The number of nitrogens with one attached hydrogen (secondary N) is 1. The fourth-order valence-corrected chi connectivity index (χ4v) is 2.33. The summed E-state index contributed by atoms with van der Waals surface area (Å²) < 4.78 is 16.8. The molecule has 0 fully saturated rings. The monoisotopic (exact) mass is 336 g/mol. The molecule has 2 amide bonds. The van der Waals surface area contributed by atoms with E-state index in [0.717, 1.165) is 11.5 Å². The zero-order chi connectivity index (χ0) is 17.0. The number of hydrogen-bond acceptors (Lipinski definition) is 5. The largest absolute Gasteiger partial charge is 0.350 e. The Hall–Kier alpha value is -2.35. The molecule has 0 aliphatic heterocycles. The molecule has 0 saturated carbocycles. The van der Waals surface area contributed by atoms with Crippen molar-refractivity contribution in [2.75, 3.05) is 11.4 Å². The molecule has 122 valence electrons. The summed E-state index contributed by atoms with van der Waals surface area (Å²) in [4.78, 5) is 26.0. The minimum atomic E-state index is -0.464. The highest BCUT2D eigenvalue weighted by Gasteiger charge is 2.24. The quantitative estimate of drug-likeness (QED) is 0.929. The van der Waals surface area contributed by atoms with Crippen LogP contribution in [0, 0.1) is 5.82 Å². The minimum Gasteiger partial charge on any atom is -0.350 e. The molecule has 2 rings (SSSR count). The Labute approximate surface area is 137 Å². The van der Waals surface area contributed by atoms with Crippen molar-refractivity contribution in [3.63, 3.8) is 0 Å². The van der Waals surface area contributed by atoms with E-state index in [4.69, 9.17) is 0 Å². The lowest BCUT2D eigenvalue weighted by Crippen LogP contribution is -2.47. The summed E-state index contributed by atoms with van der Waals surface area (Å²) >= 11 is 1.04. The third-order valence-corrected chi connectivity index (χ3v) is 3.28. The van der Waals surface area contributed by atoms with Crippen molar-refractivity contribution in [1.82, 2.24) is 14.9 Å². The number of amides is 2. The molecule has 0 spiro atoms. The third kappa shape index (κ3) is 4.82. The van der Waals surface area contributed by atoms with Gasteiger partial charge in [-0.15, -0.1) is 5.10 Å². The van der Waals surface area contributed by atoms with Gasteiger partial charge in [0.2, 0.25) is 5.91 Å². The van der Waals surface area contributed by atoms with Crippen LogP contribution < -0.4 is 10.2 Å². The van der Waals surface area contributed by atoms with Crippen molar-refractivity contribution in [3.8, 4) is 0 Å². The molecule has 23 heavy (non-hydrogen) atoms. The van der Waals surface area contributed by atoms with Crippen LogP contribution in [0.25, 0.3) is 0 Å². The van der Waals surface area contributed by atoms with Gasteiger partial charge in [-0.1, -0.05) is 4.49 Å². The van der Waals surface area contributed by atoms with Crippen LogP contribution in [-0.4, -0.2) is 33.5 Å². The molecule has 0 radical (unpaired) electrons. The number of aromatic nitrogens is 2. The second kappa shape index (κ2) is 6.82. The van der Waals surface area contributed by atoms with Crippen LogP contribution in [0.15, 0.2) is 29.6 Å². The van der Waals surface area contributed by atoms with E-state index in [-0.39, 0.29) is 18.1 Å². The zero-order valence-corrected chi connectivity index (χ0v) is 13.9. The van der Waals surface area contributed by atoms with Crippen molar-refractivity contribution < 1.29 is 14.0 Å². The maximum absolute atomic E-state index is 13.1. The van der Waals surface area contributed by atoms with Crippen LogP contribution in [0.4, 0.5) is 10.1 Å². The molecular weight excluding hydrogens is 319 g/mol. The first-order valence-corrected chi connectivity index (χ1v) is 7.75. The first-order chi connectivity index (χ1) is 10.8. The van der Waals surface area contributed by atoms with Gasteiger partial charge in [0.05, 0.1) is 0 Å². The van der Waals surface area contributed by atoms with E-state index in [1.807, 2.05) is 20.8 Å². The summed E-state index contributed by atoms with van der Waals surface area (Å²) in [6, 6.07) is 5.35. The number of halogens is 1. The highest BCUT2D eigenvalue weighted by Crippen LogP contribution is 2.17. The van der Waals surface area contributed by atoms with Crippen LogP contribution >= 0.6 is 11.5 Å². The lowest BCUT2D eigenvalue weighted by Gasteiger charge is -2.25. The molecule has 0 saturated heterocycles. The van der Waals surface area contributed by atoms with Crippen molar-refractivity contribution >= 4 is 29.0 Å². The summed E-state index contributed by atoms with van der Waals surface area (Å²) in [5, 5.41) is 8.02. The van der Waals surface area contributed by atoms with E-state index >= 15 is 0 Å². The van der Waals surface area contributed by atoms with Gasteiger partial charge in [0.25, 0.3) is 5.91 Å². The SMILES string of the molecule is CC(C)(C)NC(=O)CN(C(=O)c1csnn1)c1ccc(F)cc1. The van der Waals surface area contributed by atoms with Gasteiger partial charge in [-0.25, -0.2) is 4.39 Å². The molecule has 1 heterocycles. The second-order valence-corrected chi connectivity index (χ2v) is 6.57. The third-order valence-electron chi connectivity index (χ3n) is 2.78. The Bertz CT molecular complexity index is 681. The number of rotatable bonds is 4. The van der Waals surface area contributed by atoms with Crippen molar-refractivity contribution in [3.05, 3.63) is 41.2 Å². The van der Waals surface area contributed by atoms with Gasteiger partial charge in [-0.05, 0) is 56.6 Å². The van der Waals surface area contributed by atoms with Gasteiger partial charge in [0.1, 0.15) is 12.4 Å². The minimum absolute atomic E-state index is 0.142. The van der Waals surface area contributed by atoms with Crippen LogP contribution in [-0.2, 0) is 4.79 Å². The molecule has 0 unspecified atom stereocenters. The molecule has 8 heteroatoms. The van der Waals surface area contributed by atoms with Crippen molar-refractivity contribution in [1.29, 1.82) is 0 Å². The predicted octanol–water partition coefficient (Wildman–Crippen LogP) is 2.24. The smallest absolute Gasteiger partial charge is 0.280 e. The molecular formula is C15H17FN4O2S. The molecule has 0 aliphatic carbocycles. The van der Waals surface area contributed by atoms with Crippen molar-refractivity contribution in [2.24, 2.45) is 0 Å². The van der Waals surface area contributed by atoms with Gasteiger partial charge in [-0.2, -0.15) is 0 Å². The van der Waals surface area contributed by atoms with Crippen LogP contribution in [0.1, 0.15) is 31.3 Å². The van der Waals surface area contributed by atoms with Crippen molar-refractivity contribution in [2.45, 2.75) is 26.3 Å². The fraction of sp³-hybridized carbons (Fsp3) is 0.333. The van der Waals surface area contributed by atoms with Crippen LogP contribution in [0.3, 0.4) is 0 Å². The summed E-state index contributed by atoms with van der Waals surface area (Å²) in [6.07, 6.45) is 0. The van der Waals surface area contributed by atoms with E-state index in [0.29, 0.717) is 5.69 Å². The molecule has 1 aromatic carbocycles. The van der Waals surface area contributed by atoms with Crippen LogP contribution in [0.5, 0.6) is 0 Å². The normalized spacial score (nSPS) is 11.1. The summed E-state index contributed by atoms with van der Waals surface area (Å²) in [7, 11) is 0. The first-order valence-electron chi connectivity index (χ1n) is 6.92. The number of nitrogens with zero attached hydrogens (tertiary/aromatic N) is 3. The molecule has 6 nitrogen and oxygen atoms in total. The average molecular weight is 336 g/mol. The fourth-order valence-electron chi connectivity index (χ4n) is 1.90. The Kier molecular flexibility index (Phi) is 5.05. The number of hydrogen-bond donors (Lipinski definition) is 1. The molecule has 2 aromatic rings. The lowest BCUT2D eigenvalue weighted by molar-refractivity contribution is -0.121. The highest BCUT2D eigenvalue weighted by molar-refractivity contribution is 7.03. The molecule has 1 N–H and O–H groups in total. The van der Waals surface area contributed by atoms with Gasteiger partial charge < -0.3 is 5.32 Å². The summed E-state index contributed by atoms with van der Waals surface area (Å²) in [5.41, 5.74) is 0.132. The number of benzene rings is 1. The maximum Gasteiger partial charge on any atom is 0.280 e. The van der Waals surface area contributed by atoms with E-state index in [2.05, 4.69) is 14.9 Å². The van der Waals surface area contributed by atoms with E-state index in [1.54, 1.807) is 0 Å². The van der Waals surface area contributed by atoms with Crippen LogP contribution in [0.2, 0.25) is 0 Å². The number of anilines is 1. The topological polar surface area (TPSA) is 75.2 Å². The molecule has 1 aromatic heterocycles. The summed E-state index contributed by atoms with van der Waals surface area (Å²) in [6.45, 7) is 5.34. The maximum atomic E-state index is 13.1. The van der Waals surface area contributed by atoms with E-state index in [9.17, 15) is 14.0 Å². The Morgan fingerprint density at radius 2 is 1.91 bits per heavy atom. The molecule has 0 aliphatic rings. The van der Waals surface area contributed by atoms with Gasteiger partial charge in [-0.3, -0.25) is 14.5 Å². The highest BCUT2D eigenvalue weighted by atomic mass is 32.1. The van der Waals surface area contributed by atoms with Gasteiger partial charge in [0.15, 0.2) is 5.69 Å². The standard InChI is InChI=1S/C15H17FN4O2S/c1-15(2,3)17-13(21)8-20(11-6-4-10(16)5-7-11)14(22)12-9-23-19-18-12/h4-7,9H,8H2,1-3H3,(H,17,21). The van der Waals surface area contributed by atoms with Gasteiger partial charge >= 0.3 is 0 Å². The predicted molar refractivity (Wildman–Crippen MR) is 85.9 cm³/mol. The molecule has 0 atom stereocenters. The first kappa shape index (κ1) is 17.0. The number of carbonyl (C=O) groups is 2. The van der Waals surface area contributed by atoms with E-state index in [1.165, 1.54) is 34.5 Å². The Morgan fingerprint density at radius 3 is 2.43 bits per heavy atom. The Morgan fingerprint density at radius 1 is 1.26 bits per heavy atom. The van der Waals surface area contributed by atoms with Gasteiger partial charge in [0, 0.05) is 16.6 Å².